The highest BCUT2D eigenvalue weighted by Crippen LogP contribution is 2.19. The standard InChI is InChI=1S/C19H18N2O2S/c1-24(22,23)18-10-8-17(9-11-18)21-14-15-5-4-6-16(13-15)19-7-2-3-12-20-19/h2-13,21H,14H2,1H3. The average molecular weight is 338 g/mol. The van der Waals surface area contributed by atoms with Gasteiger partial charge in [0, 0.05) is 30.2 Å². The summed E-state index contributed by atoms with van der Waals surface area (Å²) in [6.07, 6.45) is 2.99. The number of sulfone groups is 1. The van der Waals surface area contributed by atoms with Gasteiger partial charge in [0.05, 0.1) is 10.6 Å². The lowest BCUT2D eigenvalue weighted by Crippen LogP contribution is -2.01. The van der Waals surface area contributed by atoms with E-state index in [-0.39, 0.29) is 0 Å². The fourth-order valence-electron chi connectivity index (χ4n) is 2.40. The zero-order valence-corrected chi connectivity index (χ0v) is 14.1. The van der Waals surface area contributed by atoms with E-state index in [1.807, 2.05) is 36.4 Å². The Hall–Kier alpha value is -2.66. The van der Waals surface area contributed by atoms with Gasteiger partial charge in [-0.2, -0.15) is 0 Å². The Kier molecular flexibility index (Phi) is 4.62. The van der Waals surface area contributed by atoms with E-state index in [1.165, 1.54) is 6.26 Å². The number of rotatable bonds is 5. The third-order valence-corrected chi connectivity index (χ3v) is 4.80. The van der Waals surface area contributed by atoms with Crippen LogP contribution in [0.3, 0.4) is 0 Å². The average Bonchev–Trinajstić information content (AvgIpc) is 2.61. The van der Waals surface area contributed by atoms with Gasteiger partial charge in [-0.15, -0.1) is 0 Å². The maximum absolute atomic E-state index is 11.5. The molecule has 4 nitrogen and oxygen atoms in total. The molecule has 0 saturated heterocycles. The van der Waals surface area contributed by atoms with Crippen molar-refractivity contribution in [1.82, 2.24) is 4.98 Å². The van der Waals surface area contributed by atoms with Gasteiger partial charge in [0.15, 0.2) is 9.84 Å². The van der Waals surface area contributed by atoms with Crippen molar-refractivity contribution in [3.05, 3.63) is 78.5 Å². The third-order valence-electron chi connectivity index (χ3n) is 3.67. The highest BCUT2D eigenvalue weighted by molar-refractivity contribution is 7.90. The molecule has 0 unspecified atom stereocenters. The topological polar surface area (TPSA) is 59.1 Å². The van der Waals surface area contributed by atoms with E-state index in [0.717, 1.165) is 22.5 Å². The van der Waals surface area contributed by atoms with Gasteiger partial charge in [-0.05, 0) is 48.0 Å². The molecule has 1 aromatic heterocycles. The molecule has 0 radical (unpaired) electrons. The van der Waals surface area contributed by atoms with Gasteiger partial charge in [-0.1, -0.05) is 24.3 Å². The van der Waals surface area contributed by atoms with Crippen LogP contribution in [0.2, 0.25) is 0 Å². The molecule has 0 fully saturated rings. The van der Waals surface area contributed by atoms with Crippen molar-refractivity contribution in [2.75, 3.05) is 11.6 Å². The summed E-state index contributed by atoms with van der Waals surface area (Å²) < 4.78 is 22.9. The fourth-order valence-corrected chi connectivity index (χ4v) is 3.03. The normalized spacial score (nSPS) is 11.2. The molecule has 0 atom stereocenters. The van der Waals surface area contributed by atoms with Gasteiger partial charge in [0.25, 0.3) is 0 Å². The summed E-state index contributed by atoms with van der Waals surface area (Å²) in [7, 11) is -3.16. The molecule has 5 heteroatoms. The van der Waals surface area contributed by atoms with Crippen LogP contribution in [-0.2, 0) is 16.4 Å². The molecule has 2 aromatic carbocycles. The molecule has 0 amide bonds. The predicted octanol–water partition coefficient (Wildman–Crippen LogP) is 3.76. The molecular formula is C19H18N2O2S. The molecule has 0 aliphatic carbocycles. The van der Waals surface area contributed by atoms with E-state index >= 15 is 0 Å². The first-order chi connectivity index (χ1) is 11.5. The summed E-state index contributed by atoms with van der Waals surface area (Å²) in [5, 5.41) is 3.30. The van der Waals surface area contributed by atoms with Crippen molar-refractivity contribution >= 4 is 15.5 Å². The number of aromatic nitrogens is 1. The minimum atomic E-state index is -3.16. The molecule has 0 bridgehead atoms. The predicted molar refractivity (Wildman–Crippen MR) is 96.6 cm³/mol. The van der Waals surface area contributed by atoms with E-state index in [1.54, 1.807) is 30.5 Å². The second kappa shape index (κ2) is 6.84. The largest absolute Gasteiger partial charge is 0.381 e. The van der Waals surface area contributed by atoms with Gasteiger partial charge in [0.2, 0.25) is 0 Å². The highest BCUT2D eigenvalue weighted by Gasteiger charge is 2.06. The van der Waals surface area contributed by atoms with Crippen LogP contribution in [0.15, 0.2) is 77.8 Å². The zero-order valence-electron chi connectivity index (χ0n) is 13.3. The summed E-state index contributed by atoms with van der Waals surface area (Å²) in [5.41, 5.74) is 4.02. The first-order valence-electron chi connectivity index (χ1n) is 7.57. The first kappa shape index (κ1) is 16.2. The lowest BCUT2D eigenvalue weighted by Gasteiger charge is -2.09. The number of benzene rings is 2. The Morgan fingerprint density at radius 2 is 1.75 bits per heavy atom. The molecule has 122 valence electrons. The monoisotopic (exact) mass is 338 g/mol. The molecule has 0 spiro atoms. The van der Waals surface area contributed by atoms with Crippen molar-refractivity contribution in [1.29, 1.82) is 0 Å². The van der Waals surface area contributed by atoms with Gasteiger partial charge < -0.3 is 5.32 Å². The van der Waals surface area contributed by atoms with Crippen molar-refractivity contribution in [3.63, 3.8) is 0 Å². The Labute approximate surface area is 142 Å². The van der Waals surface area contributed by atoms with Crippen molar-refractivity contribution in [3.8, 4) is 11.3 Å². The second-order valence-electron chi connectivity index (χ2n) is 5.57. The SMILES string of the molecule is CS(=O)(=O)c1ccc(NCc2cccc(-c3ccccn3)c2)cc1. The number of pyridine rings is 1. The smallest absolute Gasteiger partial charge is 0.175 e. The fraction of sp³-hybridized carbons (Fsp3) is 0.105. The number of hydrogen-bond acceptors (Lipinski definition) is 4. The van der Waals surface area contributed by atoms with Crippen LogP contribution in [-0.4, -0.2) is 19.7 Å². The van der Waals surface area contributed by atoms with Crippen molar-refractivity contribution in [2.45, 2.75) is 11.4 Å². The molecule has 1 heterocycles. The molecule has 3 aromatic rings. The Morgan fingerprint density at radius 3 is 2.42 bits per heavy atom. The number of anilines is 1. The van der Waals surface area contributed by atoms with Gasteiger partial charge in [-0.25, -0.2) is 8.42 Å². The van der Waals surface area contributed by atoms with Crippen LogP contribution in [0.25, 0.3) is 11.3 Å². The van der Waals surface area contributed by atoms with Crippen LogP contribution in [0.4, 0.5) is 5.69 Å². The van der Waals surface area contributed by atoms with E-state index in [4.69, 9.17) is 0 Å². The Bertz CT molecular complexity index is 921. The van der Waals surface area contributed by atoms with Gasteiger partial charge >= 0.3 is 0 Å². The summed E-state index contributed by atoms with van der Waals surface area (Å²) in [4.78, 5) is 4.69. The summed E-state index contributed by atoms with van der Waals surface area (Å²) >= 11 is 0. The molecule has 1 N–H and O–H groups in total. The minimum Gasteiger partial charge on any atom is -0.381 e. The number of hydrogen-bond donors (Lipinski definition) is 1. The first-order valence-corrected chi connectivity index (χ1v) is 9.46. The highest BCUT2D eigenvalue weighted by atomic mass is 32.2. The Balaban J connectivity index is 1.71. The molecule has 0 saturated carbocycles. The van der Waals surface area contributed by atoms with Crippen LogP contribution >= 0.6 is 0 Å². The number of nitrogens with zero attached hydrogens (tertiary/aromatic N) is 1. The molecule has 24 heavy (non-hydrogen) atoms. The quantitative estimate of drug-likeness (QED) is 0.769. The van der Waals surface area contributed by atoms with Crippen LogP contribution in [0.1, 0.15) is 5.56 Å². The van der Waals surface area contributed by atoms with Crippen molar-refractivity contribution < 1.29 is 8.42 Å². The lowest BCUT2D eigenvalue weighted by molar-refractivity contribution is 0.602. The maximum atomic E-state index is 11.5. The molecule has 3 rings (SSSR count). The van der Waals surface area contributed by atoms with E-state index < -0.39 is 9.84 Å². The van der Waals surface area contributed by atoms with Crippen LogP contribution in [0.5, 0.6) is 0 Å². The van der Waals surface area contributed by atoms with E-state index in [9.17, 15) is 8.42 Å². The van der Waals surface area contributed by atoms with Gasteiger partial charge in [-0.3, -0.25) is 4.98 Å². The zero-order chi connectivity index (χ0) is 17.0. The summed E-state index contributed by atoms with van der Waals surface area (Å²) in [6, 6.07) is 20.8. The summed E-state index contributed by atoms with van der Waals surface area (Å²) in [6.45, 7) is 0.652. The molecule has 0 aliphatic rings. The molecular weight excluding hydrogens is 320 g/mol. The minimum absolute atomic E-state index is 0.324. The van der Waals surface area contributed by atoms with Gasteiger partial charge in [0.1, 0.15) is 0 Å². The molecule has 0 aliphatic heterocycles. The second-order valence-corrected chi connectivity index (χ2v) is 7.58. The van der Waals surface area contributed by atoms with Crippen molar-refractivity contribution in [2.24, 2.45) is 0 Å². The van der Waals surface area contributed by atoms with Crippen LogP contribution in [0, 0.1) is 0 Å². The number of nitrogens with one attached hydrogen (secondary N) is 1. The van der Waals surface area contributed by atoms with E-state index in [0.29, 0.717) is 11.4 Å². The third kappa shape index (κ3) is 4.00. The van der Waals surface area contributed by atoms with Crippen LogP contribution < -0.4 is 5.32 Å². The lowest BCUT2D eigenvalue weighted by atomic mass is 10.1. The Morgan fingerprint density at radius 1 is 0.958 bits per heavy atom. The van der Waals surface area contributed by atoms with E-state index in [2.05, 4.69) is 16.4 Å². The summed E-state index contributed by atoms with van der Waals surface area (Å²) in [5.74, 6) is 0. The maximum Gasteiger partial charge on any atom is 0.175 e.